The highest BCUT2D eigenvalue weighted by molar-refractivity contribution is 5.23. The smallest absolute Gasteiger partial charge is 0.214 e. The first-order valence-electron chi connectivity index (χ1n) is 5.37. The number of aromatic nitrogens is 2. The lowest BCUT2D eigenvalue weighted by atomic mass is 9.92. The summed E-state index contributed by atoms with van der Waals surface area (Å²) in [6, 6.07) is 0. The van der Waals surface area contributed by atoms with E-state index in [4.69, 9.17) is 4.74 Å². The predicted molar refractivity (Wildman–Crippen MR) is 55.4 cm³/mol. The van der Waals surface area contributed by atoms with Crippen molar-refractivity contribution in [2.75, 3.05) is 6.61 Å². The minimum absolute atomic E-state index is 0.617. The van der Waals surface area contributed by atoms with Crippen molar-refractivity contribution in [1.29, 1.82) is 0 Å². The molecule has 0 saturated carbocycles. The van der Waals surface area contributed by atoms with E-state index in [-0.39, 0.29) is 0 Å². The maximum Gasteiger partial charge on any atom is 0.214 e. The van der Waals surface area contributed by atoms with Gasteiger partial charge in [0.25, 0.3) is 0 Å². The topological polar surface area (TPSA) is 27.1 Å². The summed E-state index contributed by atoms with van der Waals surface area (Å²) in [6.07, 6.45) is 3.10. The van der Waals surface area contributed by atoms with Crippen LogP contribution in [-0.2, 0) is 6.54 Å². The summed E-state index contributed by atoms with van der Waals surface area (Å²) in [5, 5.41) is 4.31. The van der Waals surface area contributed by atoms with Crippen LogP contribution < -0.4 is 4.74 Å². The molecule has 0 radical (unpaired) electrons. The van der Waals surface area contributed by atoms with Crippen LogP contribution in [0.1, 0.15) is 25.8 Å². The number of fused-ring (bicyclic) bond motifs is 1. The van der Waals surface area contributed by atoms with E-state index in [1.165, 1.54) is 6.42 Å². The van der Waals surface area contributed by atoms with Crippen LogP contribution in [0.3, 0.4) is 0 Å². The van der Waals surface area contributed by atoms with Crippen molar-refractivity contribution in [1.82, 2.24) is 9.78 Å². The molecule has 2 atom stereocenters. The lowest BCUT2D eigenvalue weighted by molar-refractivity contribution is 0.123. The standard InChI is InChI=1S/C11H18N2O/c1-4-8(2)10-6-13-11(14-7-10)9(3)5-12-13/h5,8,10H,4,6-7H2,1-3H3. The summed E-state index contributed by atoms with van der Waals surface area (Å²) in [7, 11) is 0. The van der Waals surface area contributed by atoms with Gasteiger partial charge < -0.3 is 4.74 Å². The average Bonchev–Trinajstić information content (AvgIpc) is 2.59. The monoisotopic (exact) mass is 194 g/mol. The molecule has 2 heterocycles. The Morgan fingerprint density at radius 2 is 2.50 bits per heavy atom. The Labute approximate surface area is 85.1 Å². The molecule has 1 aromatic heterocycles. The highest BCUT2D eigenvalue weighted by Gasteiger charge is 2.25. The number of ether oxygens (including phenoxy) is 1. The van der Waals surface area contributed by atoms with E-state index in [1.54, 1.807) is 0 Å². The number of rotatable bonds is 2. The quantitative estimate of drug-likeness (QED) is 0.722. The van der Waals surface area contributed by atoms with Crippen LogP contribution in [0, 0.1) is 18.8 Å². The fourth-order valence-electron chi connectivity index (χ4n) is 1.92. The first-order chi connectivity index (χ1) is 6.72. The van der Waals surface area contributed by atoms with Crippen molar-refractivity contribution in [3.63, 3.8) is 0 Å². The second-order valence-electron chi connectivity index (χ2n) is 4.27. The Morgan fingerprint density at radius 1 is 1.71 bits per heavy atom. The van der Waals surface area contributed by atoms with Crippen LogP contribution in [0.5, 0.6) is 5.88 Å². The van der Waals surface area contributed by atoms with E-state index in [2.05, 4.69) is 18.9 Å². The molecule has 0 aliphatic carbocycles. The minimum atomic E-state index is 0.617. The maximum atomic E-state index is 5.73. The number of hydrogen-bond acceptors (Lipinski definition) is 2. The molecule has 0 saturated heterocycles. The van der Waals surface area contributed by atoms with E-state index < -0.39 is 0 Å². The van der Waals surface area contributed by atoms with Gasteiger partial charge in [-0.2, -0.15) is 5.10 Å². The lowest BCUT2D eigenvalue weighted by Crippen LogP contribution is -2.30. The Kier molecular flexibility index (Phi) is 2.48. The van der Waals surface area contributed by atoms with Crippen LogP contribution in [0.2, 0.25) is 0 Å². The summed E-state index contributed by atoms with van der Waals surface area (Å²) in [6.45, 7) is 8.42. The Hall–Kier alpha value is -0.990. The van der Waals surface area contributed by atoms with Gasteiger partial charge in [0.05, 0.1) is 19.3 Å². The average molecular weight is 194 g/mol. The zero-order chi connectivity index (χ0) is 10.1. The fraction of sp³-hybridized carbons (Fsp3) is 0.727. The molecule has 0 amide bonds. The molecule has 2 unspecified atom stereocenters. The summed E-state index contributed by atoms with van der Waals surface area (Å²) < 4.78 is 7.73. The third-order valence-corrected chi connectivity index (χ3v) is 3.25. The minimum Gasteiger partial charge on any atom is -0.477 e. The van der Waals surface area contributed by atoms with Crippen LogP contribution in [0.25, 0.3) is 0 Å². The van der Waals surface area contributed by atoms with Crippen LogP contribution in [0.4, 0.5) is 0 Å². The molecule has 0 spiro atoms. The van der Waals surface area contributed by atoms with Gasteiger partial charge in [0.2, 0.25) is 5.88 Å². The molecule has 1 aliphatic heterocycles. The molecule has 3 nitrogen and oxygen atoms in total. The van der Waals surface area contributed by atoms with Crippen molar-refractivity contribution in [3.05, 3.63) is 11.8 Å². The zero-order valence-corrected chi connectivity index (χ0v) is 9.16. The largest absolute Gasteiger partial charge is 0.477 e. The van der Waals surface area contributed by atoms with E-state index in [0.29, 0.717) is 11.8 Å². The van der Waals surface area contributed by atoms with E-state index >= 15 is 0 Å². The van der Waals surface area contributed by atoms with Gasteiger partial charge in [-0.1, -0.05) is 20.3 Å². The molecule has 0 N–H and O–H groups in total. The van der Waals surface area contributed by atoms with Crippen LogP contribution in [-0.4, -0.2) is 16.4 Å². The van der Waals surface area contributed by atoms with Crippen LogP contribution >= 0.6 is 0 Å². The highest BCUT2D eigenvalue weighted by atomic mass is 16.5. The molecule has 1 aliphatic rings. The van der Waals surface area contributed by atoms with Gasteiger partial charge in [-0.05, 0) is 12.8 Å². The third kappa shape index (κ3) is 1.51. The second kappa shape index (κ2) is 3.64. The highest BCUT2D eigenvalue weighted by Crippen LogP contribution is 2.28. The van der Waals surface area contributed by atoms with Gasteiger partial charge in [0.15, 0.2) is 0 Å². The molecule has 2 rings (SSSR count). The first-order valence-corrected chi connectivity index (χ1v) is 5.37. The second-order valence-corrected chi connectivity index (χ2v) is 4.27. The van der Waals surface area contributed by atoms with Crippen molar-refractivity contribution in [2.45, 2.75) is 33.7 Å². The van der Waals surface area contributed by atoms with Gasteiger partial charge in [0.1, 0.15) is 0 Å². The van der Waals surface area contributed by atoms with Crippen molar-refractivity contribution < 1.29 is 4.74 Å². The Balaban J connectivity index is 2.14. The number of hydrogen-bond donors (Lipinski definition) is 0. The summed E-state index contributed by atoms with van der Waals surface area (Å²) in [5.41, 5.74) is 1.15. The van der Waals surface area contributed by atoms with Crippen molar-refractivity contribution in [2.24, 2.45) is 11.8 Å². The number of aryl methyl sites for hydroxylation is 1. The summed E-state index contributed by atoms with van der Waals surface area (Å²) >= 11 is 0. The molecular weight excluding hydrogens is 176 g/mol. The molecular formula is C11H18N2O. The van der Waals surface area contributed by atoms with E-state index in [9.17, 15) is 0 Å². The molecule has 3 heteroatoms. The first kappa shape index (κ1) is 9.56. The van der Waals surface area contributed by atoms with Crippen molar-refractivity contribution in [3.8, 4) is 5.88 Å². The predicted octanol–water partition coefficient (Wildman–Crippen LogP) is 2.25. The normalized spacial score (nSPS) is 22.6. The molecule has 1 aromatic rings. The fourth-order valence-corrected chi connectivity index (χ4v) is 1.92. The van der Waals surface area contributed by atoms with Gasteiger partial charge in [-0.3, -0.25) is 0 Å². The lowest BCUT2D eigenvalue weighted by Gasteiger charge is -2.28. The van der Waals surface area contributed by atoms with E-state index in [0.717, 1.165) is 24.6 Å². The summed E-state index contributed by atoms with van der Waals surface area (Å²) in [4.78, 5) is 0. The SMILES string of the molecule is CCC(C)C1COc2c(C)cnn2C1. The molecule has 0 aromatic carbocycles. The van der Waals surface area contributed by atoms with Crippen LogP contribution in [0.15, 0.2) is 6.20 Å². The number of nitrogens with zero attached hydrogens (tertiary/aromatic N) is 2. The maximum absolute atomic E-state index is 5.73. The van der Waals surface area contributed by atoms with Gasteiger partial charge in [-0.25, -0.2) is 4.68 Å². The van der Waals surface area contributed by atoms with Gasteiger partial charge in [-0.15, -0.1) is 0 Å². The molecule has 0 fully saturated rings. The Bertz CT molecular complexity index is 319. The van der Waals surface area contributed by atoms with E-state index in [1.807, 2.05) is 17.8 Å². The van der Waals surface area contributed by atoms with Gasteiger partial charge in [0, 0.05) is 11.5 Å². The molecule has 0 bridgehead atoms. The Morgan fingerprint density at radius 3 is 3.21 bits per heavy atom. The van der Waals surface area contributed by atoms with Crippen molar-refractivity contribution >= 4 is 0 Å². The summed E-state index contributed by atoms with van der Waals surface area (Å²) in [5.74, 6) is 2.30. The van der Waals surface area contributed by atoms with Gasteiger partial charge >= 0.3 is 0 Å². The molecule has 78 valence electrons. The molecule has 14 heavy (non-hydrogen) atoms. The third-order valence-electron chi connectivity index (χ3n) is 3.25. The zero-order valence-electron chi connectivity index (χ0n) is 9.16.